The summed E-state index contributed by atoms with van der Waals surface area (Å²) in [5.41, 5.74) is 5.09. The van der Waals surface area contributed by atoms with E-state index in [2.05, 4.69) is 4.99 Å². The molecular formula is C4H7N3O. The number of nitrogens with zero attached hydrogens (tertiary/aromatic N) is 2. The molecule has 8 heavy (non-hydrogen) atoms. The van der Waals surface area contributed by atoms with Crippen molar-refractivity contribution in [2.45, 2.75) is 0 Å². The third-order valence-electron chi connectivity index (χ3n) is 0.653. The van der Waals surface area contributed by atoms with Crippen LogP contribution in [0.25, 0.3) is 0 Å². The van der Waals surface area contributed by atoms with Crippen LogP contribution in [0.15, 0.2) is 4.99 Å². The van der Waals surface area contributed by atoms with Gasteiger partial charge in [-0.1, -0.05) is 0 Å². The second kappa shape index (κ2) is 1.47. The zero-order valence-corrected chi connectivity index (χ0v) is 3.88. The van der Waals surface area contributed by atoms with Gasteiger partial charge in [-0.2, -0.15) is 4.99 Å². The Morgan fingerprint density at radius 1 is 2.25 bits per heavy atom. The first-order valence-corrected chi connectivity index (χ1v) is 1.86. The average Bonchev–Trinajstić information content (AvgIpc) is 1.99. The first kappa shape index (κ1) is 1.72. The number of likely N-dealkylation sites (N-methyl/N-ethyl adjacent to an activating group) is 1. The van der Waals surface area contributed by atoms with Crippen LogP contribution in [0, 0.1) is 0 Å². The third kappa shape index (κ3) is 0.641. The summed E-state index contributed by atoms with van der Waals surface area (Å²) in [5, 5.41) is 0. The summed E-state index contributed by atoms with van der Waals surface area (Å²) in [5.74, 6) is -1.81. The number of nitrogens with two attached hydrogens (primary N) is 1. The molecule has 0 aliphatic carbocycles. The second-order valence-electron chi connectivity index (χ2n) is 1.22. The predicted molar refractivity (Wildman–Crippen MR) is 29.3 cm³/mol. The van der Waals surface area contributed by atoms with Gasteiger partial charge in [0.1, 0.15) is 6.50 Å². The highest BCUT2D eigenvalue weighted by Gasteiger charge is 2.15. The Kier molecular flexibility index (Phi) is 0.315. The Hall–Kier alpha value is -1.06. The highest BCUT2D eigenvalue weighted by molar-refractivity contribution is 5.99. The third-order valence-corrected chi connectivity index (χ3v) is 0.653. The van der Waals surface area contributed by atoms with Crippen molar-refractivity contribution in [3.05, 3.63) is 0 Å². The number of guanidine groups is 1. The van der Waals surface area contributed by atoms with Crippen LogP contribution >= 0.6 is 0 Å². The number of hydrogen-bond acceptors (Lipinski definition) is 3. The standard InChI is InChI=1S/C4H7N3O/c1-7-2-3(8)6-4(7)5/h2H2,1H3,(H2,5,6,8)/i1D3,2D2. The lowest BCUT2D eigenvalue weighted by Gasteiger charge is -2.05. The molecule has 1 heterocycles. The molecule has 0 saturated heterocycles. The van der Waals surface area contributed by atoms with E-state index in [1.165, 1.54) is 0 Å². The lowest BCUT2D eigenvalue weighted by Crippen LogP contribution is -2.29. The normalized spacial score (nSPS) is 36.5. The van der Waals surface area contributed by atoms with Gasteiger partial charge in [0.05, 0.1) is 2.74 Å². The van der Waals surface area contributed by atoms with Gasteiger partial charge in [0, 0.05) is 11.1 Å². The summed E-state index contributed by atoms with van der Waals surface area (Å²) in [6.45, 7) is -5.47. The van der Waals surface area contributed by atoms with Gasteiger partial charge in [-0.05, 0) is 0 Å². The van der Waals surface area contributed by atoms with Gasteiger partial charge in [0.2, 0.25) is 0 Å². The molecule has 0 spiro atoms. The molecule has 4 nitrogen and oxygen atoms in total. The monoisotopic (exact) mass is 118 g/mol. The molecule has 44 valence electrons. The molecule has 0 unspecified atom stereocenters. The molecular weight excluding hydrogens is 106 g/mol. The molecule has 0 bridgehead atoms. The van der Waals surface area contributed by atoms with Crippen LogP contribution in [0.5, 0.6) is 0 Å². The van der Waals surface area contributed by atoms with Gasteiger partial charge < -0.3 is 10.6 Å². The van der Waals surface area contributed by atoms with Crippen molar-refractivity contribution in [3.8, 4) is 0 Å². The van der Waals surface area contributed by atoms with Crippen molar-refractivity contribution >= 4 is 11.9 Å². The number of carbonyl (C=O) groups is 1. The lowest BCUT2D eigenvalue weighted by molar-refractivity contribution is -0.116. The molecule has 1 aliphatic heterocycles. The minimum atomic E-state index is -2.80. The summed E-state index contributed by atoms with van der Waals surface area (Å²) < 4.78 is 35.0. The number of carbonyl (C=O) groups excluding carboxylic acids is 1. The van der Waals surface area contributed by atoms with E-state index in [1.807, 2.05) is 0 Å². The fourth-order valence-electron chi connectivity index (χ4n) is 0.332. The molecule has 1 rings (SSSR count). The van der Waals surface area contributed by atoms with Crippen molar-refractivity contribution in [2.75, 3.05) is 13.5 Å². The minimum absolute atomic E-state index is 0.183. The molecule has 2 N–H and O–H groups in total. The van der Waals surface area contributed by atoms with Crippen LogP contribution in [-0.2, 0) is 4.79 Å². The van der Waals surface area contributed by atoms with Crippen molar-refractivity contribution in [3.63, 3.8) is 0 Å². The van der Waals surface area contributed by atoms with Gasteiger partial charge in [-0.15, -0.1) is 0 Å². The molecule has 1 aliphatic rings. The molecule has 0 fully saturated rings. The maximum atomic E-state index is 10.8. The Morgan fingerprint density at radius 3 is 3.25 bits per heavy atom. The van der Waals surface area contributed by atoms with E-state index in [1.54, 1.807) is 0 Å². The first-order valence-electron chi connectivity index (χ1n) is 4.36. The minimum Gasteiger partial charge on any atom is -0.369 e. The Labute approximate surface area is 54.0 Å². The van der Waals surface area contributed by atoms with E-state index in [-0.39, 0.29) is 4.90 Å². The quantitative estimate of drug-likeness (QED) is 0.433. The van der Waals surface area contributed by atoms with Crippen molar-refractivity contribution < 1.29 is 11.6 Å². The van der Waals surface area contributed by atoms with Crippen molar-refractivity contribution in [1.29, 1.82) is 0 Å². The smallest absolute Gasteiger partial charge is 0.268 e. The number of rotatable bonds is 0. The highest BCUT2D eigenvalue weighted by Crippen LogP contribution is 1.92. The van der Waals surface area contributed by atoms with Gasteiger partial charge in [-0.25, -0.2) is 0 Å². The van der Waals surface area contributed by atoms with Crippen molar-refractivity contribution in [1.82, 2.24) is 4.90 Å². The van der Waals surface area contributed by atoms with Crippen LogP contribution in [0.2, 0.25) is 0 Å². The maximum absolute atomic E-state index is 10.8. The molecule has 0 aromatic heterocycles. The summed E-state index contributed by atoms with van der Waals surface area (Å²) in [6.07, 6.45) is 0. The van der Waals surface area contributed by atoms with E-state index in [0.29, 0.717) is 0 Å². The molecule has 1 amide bonds. The molecule has 0 radical (unpaired) electrons. The molecule has 0 aromatic rings. The summed E-state index contributed by atoms with van der Waals surface area (Å²) in [6, 6.07) is 0. The van der Waals surface area contributed by atoms with E-state index in [0.717, 1.165) is 0 Å². The van der Waals surface area contributed by atoms with Gasteiger partial charge in [-0.3, -0.25) is 4.79 Å². The Morgan fingerprint density at radius 2 is 3.00 bits per heavy atom. The van der Waals surface area contributed by atoms with Gasteiger partial charge in [0.15, 0.2) is 5.96 Å². The highest BCUT2D eigenvalue weighted by atomic mass is 16.2. The second-order valence-corrected chi connectivity index (χ2v) is 1.22. The van der Waals surface area contributed by atoms with E-state index >= 15 is 0 Å². The molecule has 0 aromatic carbocycles. The lowest BCUT2D eigenvalue weighted by atomic mass is 10.6. The SMILES string of the molecule is [2H]C([2H])([2H])N1C(N)=NC(=O)C1([2H])[2H]. The van der Waals surface area contributed by atoms with Crippen molar-refractivity contribution in [2.24, 2.45) is 10.7 Å². The summed E-state index contributed by atoms with van der Waals surface area (Å²) in [7, 11) is 0. The number of aliphatic imine (C=N–C) groups is 1. The molecule has 0 atom stereocenters. The molecule has 4 heteroatoms. The largest absolute Gasteiger partial charge is 0.369 e. The Bertz CT molecular complexity index is 282. The zero-order valence-electron chi connectivity index (χ0n) is 8.88. The van der Waals surface area contributed by atoms with Crippen LogP contribution < -0.4 is 5.73 Å². The fourth-order valence-corrected chi connectivity index (χ4v) is 0.332. The van der Waals surface area contributed by atoms with Gasteiger partial charge >= 0.3 is 0 Å². The number of amides is 1. The van der Waals surface area contributed by atoms with E-state index in [9.17, 15) is 4.79 Å². The van der Waals surface area contributed by atoms with Crippen LogP contribution in [0.4, 0.5) is 0 Å². The predicted octanol–water partition coefficient (Wildman–Crippen LogP) is -1.23. The fraction of sp³-hybridized carbons (Fsp3) is 0.500. The van der Waals surface area contributed by atoms with E-state index < -0.39 is 25.3 Å². The zero-order chi connectivity index (χ0) is 10.4. The van der Waals surface area contributed by atoms with Crippen LogP contribution in [-0.4, -0.2) is 30.2 Å². The Balaban J connectivity index is 3.12. The molecule has 0 saturated carbocycles. The average molecular weight is 118 g/mol. The summed E-state index contributed by atoms with van der Waals surface area (Å²) in [4.78, 5) is 14.0. The maximum Gasteiger partial charge on any atom is 0.268 e. The van der Waals surface area contributed by atoms with Gasteiger partial charge in [0.25, 0.3) is 5.91 Å². The summed E-state index contributed by atoms with van der Waals surface area (Å²) >= 11 is 0. The topological polar surface area (TPSA) is 58.7 Å². The van der Waals surface area contributed by atoms with Crippen LogP contribution in [0.3, 0.4) is 0 Å². The number of hydrogen-bond donors (Lipinski definition) is 1. The van der Waals surface area contributed by atoms with Crippen LogP contribution in [0.1, 0.15) is 6.85 Å². The van der Waals surface area contributed by atoms with E-state index in [4.69, 9.17) is 12.6 Å². The first-order chi connectivity index (χ1) is 5.67.